The molecular formula is C75H149Na3O17S3. The van der Waals surface area contributed by atoms with Crippen LogP contribution in [0.25, 0.3) is 0 Å². The first-order valence-corrected chi connectivity index (χ1v) is 43.8. The van der Waals surface area contributed by atoms with Crippen LogP contribution in [0.5, 0.6) is 0 Å². The van der Waals surface area contributed by atoms with E-state index in [1.165, 1.54) is 186 Å². The summed E-state index contributed by atoms with van der Waals surface area (Å²) < 4.78 is 165. The van der Waals surface area contributed by atoms with E-state index in [-0.39, 0.29) is 142 Å². The Labute approximate surface area is 671 Å². The Kier molecular flexibility index (Phi) is 81.5. The van der Waals surface area contributed by atoms with Gasteiger partial charge < -0.3 is 46.8 Å². The molecule has 0 aromatic rings. The topological polar surface area (TPSA) is 245 Å². The second-order valence-corrected chi connectivity index (χ2v) is 32.6. The number of hydrogen-bond acceptors (Lipinski definition) is 17. The predicted molar refractivity (Wildman–Crippen MR) is 387 cm³/mol. The maximum Gasteiger partial charge on any atom is 1.00 e. The van der Waals surface area contributed by atoms with E-state index in [9.17, 15) is 38.9 Å². The van der Waals surface area contributed by atoms with Crippen molar-refractivity contribution in [1.29, 1.82) is 0 Å². The fourth-order valence-electron chi connectivity index (χ4n) is 12.6. The maximum atomic E-state index is 13.0. The molecule has 17 nitrogen and oxygen atoms in total. The normalized spacial score (nSPS) is 12.5. The first-order valence-electron chi connectivity index (χ1n) is 39.4. The van der Waals surface area contributed by atoms with Crippen LogP contribution in [0, 0.1) is 16.2 Å². The molecule has 98 heavy (non-hydrogen) atoms. The average molecular weight is 1490 g/mol. The van der Waals surface area contributed by atoms with Gasteiger partial charge in [-0.25, -0.2) is 25.3 Å². The Morgan fingerprint density at radius 1 is 0.214 bits per heavy atom. The molecular weight excluding hydrogens is 1340 g/mol. The van der Waals surface area contributed by atoms with Crippen molar-refractivity contribution in [2.24, 2.45) is 16.2 Å². The maximum absolute atomic E-state index is 13.0. The molecule has 0 aliphatic carbocycles. The SMILES string of the molecule is CCCCCCCCCCCCOCC(COCC(COCCCCCCCCCCCC)(COCCCCCCCCCCCC)CS(=O)(=O)[O-])(COCC(COCCCCCCCCCCCC)(COCCCCCCCCCCCC)CS(=O)(=O)[O-])COS(=O)(=O)[O-].[Na+].[Na+].[Na+]. The zero-order valence-corrected chi connectivity index (χ0v) is 73.5. The fourth-order valence-corrected chi connectivity index (χ4v) is 15.0. The van der Waals surface area contributed by atoms with Gasteiger partial charge in [0.15, 0.2) is 0 Å². The Balaban J connectivity index is -0.0000147. The summed E-state index contributed by atoms with van der Waals surface area (Å²) >= 11 is 0. The summed E-state index contributed by atoms with van der Waals surface area (Å²) in [4.78, 5) is 0. The summed E-state index contributed by atoms with van der Waals surface area (Å²) in [6.07, 6.45) is 55.7. The van der Waals surface area contributed by atoms with Crippen molar-refractivity contribution in [3.8, 4) is 0 Å². The zero-order valence-electron chi connectivity index (χ0n) is 65.0. The molecule has 0 fully saturated rings. The predicted octanol–water partition coefficient (Wildman–Crippen LogP) is 10.2. The largest absolute Gasteiger partial charge is 1.00 e. The first kappa shape index (κ1) is 107. The third-order valence-corrected chi connectivity index (χ3v) is 20.7. The van der Waals surface area contributed by atoms with E-state index >= 15 is 0 Å². The molecule has 572 valence electrons. The molecule has 0 aliphatic rings. The van der Waals surface area contributed by atoms with E-state index in [2.05, 4.69) is 34.6 Å². The van der Waals surface area contributed by atoms with Crippen molar-refractivity contribution < 1.29 is 165 Å². The number of hydrogen-bond donors (Lipinski definition) is 0. The van der Waals surface area contributed by atoms with Crippen LogP contribution < -0.4 is 88.7 Å². The summed E-state index contributed by atoms with van der Waals surface area (Å²) in [6.45, 7) is 9.24. The molecule has 0 unspecified atom stereocenters. The van der Waals surface area contributed by atoms with Gasteiger partial charge in [0.05, 0.1) is 114 Å². The van der Waals surface area contributed by atoms with Gasteiger partial charge in [0, 0.05) is 33.0 Å². The van der Waals surface area contributed by atoms with Crippen molar-refractivity contribution in [1.82, 2.24) is 0 Å². The standard InChI is InChI=1S/C75H152O17S3.3Na/c1-6-11-16-21-26-31-36-41-46-51-56-85-61-73(70-92-95(82,83)84,62-90-68-74(71-93(76,77)78,64-86-57-52-47-42-37-32-27-22-17-12-7-2)65-87-58-53-48-43-38-33-28-23-18-13-8-3)63-91-69-75(72-94(79,80)81,66-88-59-54-49-44-39-34-29-24-19-14-9-4)67-89-60-55-50-45-40-35-30-25-20-15-10-5;;;/h6-72H2,1-5H3,(H,76,77,78)(H,79,80,81)(H,82,83,84);;;/q;3*+1/p-3. The second kappa shape index (κ2) is 74.9. The minimum Gasteiger partial charge on any atom is -0.748 e. The molecule has 0 aliphatic heterocycles. The minimum atomic E-state index is -5.33. The van der Waals surface area contributed by atoms with Gasteiger partial charge in [-0.1, -0.05) is 324 Å². The van der Waals surface area contributed by atoms with Crippen molar-refractivity contribution in [2.45, 2.75) is 356 Å². The van der Waals surface area contributed by atoms with Gasteiger partial charge in [-0.15, -0.1) is 0 Å². The van der Waals surface area contributed by atoms with Crippen LogP contribution >= 0.6 is 0 Å². The van der Waals surface area contributed by atoms with Gasteiger partial charge in [-0.3, -0.25) is 4.18 Å². The molecule has 0 heterocycles. The Hall–Kier alpha value is 2.41. The van der Waals surface area contributed by atoms with Crippen molar-refractivity contribution >= 4 is 30.6 Å². The molecule has 0 amide bonds. The number of rotatable bonds is 80. The van der Waals surface area contributed by atoms with Gasteiger partial charge in [-0.2, -0.15) is 0 Å². The molecule has 0 N–H and O–H groups in total. The number of unbranched alkanes of at least 4 members (excludes halogenated alkanes) is 45. The van der Waals surface area contributed by atoms with E-state index < -0.39 is 78.2 Å². The summed E-state index contributed by atoms with van der Waals surface area (Å²) in [6, 6.07) is 0. The van der Waals surface area contributed by atoms with Crippen LogP contribution in [-0.2, 0) is 68.0 Å². The summed E-state index contributed by atoms with van der Waals surface area (Å²) in [5.41, 5.74) is -4.59. The monoisotopic (exact) mass is 1490 g/mol. The van der Waals surface area contributed by atoms with E-state index in [1.54, 1.807) is 0 Å². The Morgan fingerprint density at radius 3 is 0.541 bits per heavy atom. The molecule has 0 atom stereocenters. The van der Waals surface area contributed by atoms with Gasteiger partial charge in [0.2, 0.25) is 10.4 Å². The van der Waals surface area contributed by atoms with Crippen LogP contribution in [0.15, 0.2) is 0 Å². The van der Waals surface area contributed by atoms with Gasteiger partial charge in [-0.05, 0) is 32.1 Å². The quantitative estimate of drug-likeness (QED) is 0.0238. The van der Waals surface area contributed by atoms with Crippen LogP contribution in [-0.4, -0.2) is 150 Å². The molecule has 0 radical (unpaired) electrons. The molecule has 0 saturated carbocycles. The zero-order chi connectivity index (χ0) is 70.0. The van der Waals surface area contributed by atoms with Crippen LogP contribution in [0.1, 0.15) is 356 Å². The molecule has 0 rings (SSSR count). The van der Waals surface area contributed by atoms with Gasteiger partial charge in [0.25, 0.3) is 0 Å². The van der Waals surface area contributed by atoms with E-state index in [4.69, 9.17) is 37.3 Å². The third-order valence-electron chi connectivity index (χ3n) is 18.4. The first-order chi connectivity index (χ1) is 45.8. The Morgan fingerprint density at radius 2 is 0.367 bits per heavy atom. The van der Waals surface area contributed by atoms with Crippen LogP contribution in [0.2, 0.25) is 0 Å². The summed E-state index contributed by atoms with van der Waals surface area (Å²) in [5.74, 6) is -1.74. The second-order valence-electron chi connectivity index (χ2n) is 28.7. The van der Waals surface area contributed by atoms with Crippen LogP contribution in [0.4, 0.5) is 0 Å². The third kappa shape index (κ3) is 73.9. The molecule has 0 bridgehead atoms. The Bertz CT molecular complexity index is 1820. The van der Waals surface area contributed by atoms with Gasteiger partial charge >= 0.3 is 88.7 Å². The fraction of sp³-hybridized carbons (Fsp3) is 1.00. The average Bonchev–Trinajstić information content (AvgIpc) is 0.837. The van der Waals surface area contributed by atoms with Gasteiger partial charge in [0.1, 0.15) is 0 Å². The van der Waals surface area contributed by atoms with E-state index in [1.807, 2.05) is 0 Å². The van der Waals surface area contributed by atoms with E-state index in [0.29, 0.717) is 32.8 Å². The molecule has 0 saturated heterocycles. The summed E-state index contributed by atoms with van der Waals surface area (Å²) in [7, 11) is -15.2. The molecule has 0 aromatic carbocycles. The van der Waals surface area contributed by atoms with Crippen molar-refractivity contribution in [2.75, 3.05) is 111 Å². The summed E-state index contributed by atoms with van der Waals surface area (Å²) in [5, 5.41) is 0. The minimum absolute atomic E-state index is 0. The molecule has 0 spiro atoms. The van der Waals surface area contributed by atoms with Crippen molar-refractivity contribution in [3.05, 3.63) is 0 Å². The molecule has 0 aromatic heterocycles. The van der Waals surface area contributed by atoms with Crippen LogP contribution in [0.3, 0.4) is 0 Å². The van der Waals surface area contributed by atoms with Crippen molar-refractivity contribution in [3.63, 3.8) is 0 Å². The molecule has 23 heteroatoms. The number of ether oxygens (including phenoxy) is 7. The van der Waals surface area contributed by atoms with E-state index in [0.717, 1.165) is 128 Å². The smallest absolute Gasteiger partial charge is 0.748 e.